The molecule has 0 bridgehead atoms. The van der Waals surface area contributed by atoms with Gasteiger partial charge in [-0.2, -0.15) is 0 Å². The Balaban J connectivity index is 1.22. The van der Waals surface area contributed by atoms with Gasteiger partial charge in [0.2, 0.25) is 0 Å². The molecule has 0 fully saturated rings. The highest BCUT2D eigenvalue weighted by molar-refractivity contribution is 5.69. The fourth-order valence-corrected chi connectivity index (χ4v) is 6.02. The summed E-state index contributed by atoms with van der Waals surface area (Å²) in [6.07, 6.45) is 11.2. The molecule has 0 spiro atoms. The second-order valence-corrected chi connectivity index (χ2v) is 12.7. The maximum atomic E-state index is 5.06. The normalized spacial score (nSPS) is 16.0. The number of rotatable bonds is 7. The van der Waals surface area contributed by atoms with Gasteiger partial charge in [-0.15, -0.1) is 0 Å². The minimum atomic E-state index is -0.311. The fraction of sp³-hybridized carbons (Fsp3) is 0.143. The van der Waals surface area contributed by atoms with Crippen molar-refractivity contribution in [1.82, 2.24) is 19.9 Å². The summed E-state index contributed by atoms with van der Waals surface area (Å²) in [6, 6.07) is 42.3. The molecule has 7 rings (SSSR count). The van der Waals surface area contributed by atoms with Crippen LogP contribution in [0.2, 0.25) is 0 Å². The van der Waals surface area contributed by atoms with E-state index < -0.39 is 0 Å². The van der Waals surface area contributed by atoms with Crippen LogP contribution in [0.3, 0.4) is 0 Å². The van der Waals surface area contributed by atoms with E-state index in [2.05, 4.69) is 147 Å². The van der Waals surface area contributed by atoms with E-state index in [9.17, 15) is 0 Å². The van der Waals surface area contributed by atoms with Crippen molar-refractivity contribution in [3.8, 4) is 45.2 Å². The number of allylic oxidation sites excluding steroid dienone is 4. The van der Waals surface area contributed by atoms with Crippen LogP contribution in [0.15, 0.2) is 152 Å². The second-order valence-electron chi connectivity index (χ2n) is 12.7. The van der Waals surface area contributed by atoms with Gasteiger partial charge in [0.05, 0.1) is 5.69 Å². The van der Waals surface area contributed by atoms with Crippen LogP contribution in [0.4, 0.5) is 0 Å². The SMILES string of the molecule is CC1(c2nc(-c3ccc(-c4ccccc4)cc3)nc(-c3ccc(C(C)(C)c4ccc(-c5ccccn5)cc4)cc3)n2)C=CC=CC1. The third-order valence-corrected chi connectivity index (χ3v) is 9.08. The van der Waals surface area contributed by atoms with Gasteiger partial charge >= 0.3 is 0 Å². The zero-order valence-corrected chi connectivity index (χ0v) is 26.4. The first kappa shape index (κ1) is 29.2. The Morgan fingerprint density at radius 3 is 1.65 bits per heavy atom. The lowest BCUT2D eigenvalue weighted by Crippen LogP contribution is -2.24. The van der Waals surface area contributed by atoms with Crippen LogP contribution in [0.25, 0.3) is 45.2 Å². The molecule has 1 aliphatic rings. The van der Waals surface area contributed by atoms with E-state index in [1.54, 1.807) is 0 Å². The van der Waals surface area contributed by atoms with Crippen LogP contribution >= 0.6 is 0 Å². The van der Waals surface area contributed by atoms with Crippen molar-refractivity contribution in [2.45, 2.75) is 38.0 Å². The first-order chi connectivity index (χ1) is 22.4. The Bertz CT molecular complexity index is 2010. The minimum absolute atomic E-state index is 0.191. The molecule has 0 N–H and O–H groups in total. The molecule has 46 heavy (non-hydrogen) atoms. The zero-order chi connectivity index (χ0) is 31.6. The van der Waals surface area contributed by atoms with Gasteiger partial charge in [-0.3, -0.25) is 4.98 Å². The summed E-state index contributed by atoms with van der Waals surface area (Å²) in [4.78, 5) is 19.6. The molecule has 4 heteroatoms. The molecule has 0 amide bonds. The third-order valence-electron chi connectivity index (χ3n) is 9.08. The molecule has 224 valence electrons. The van der Waals surface area contributed by atoms with Crippen LogP contribution < -0.4 is 0 Å². The van der Waals surface area contributed by atoms with Crippen LogP contribution in [-0.4, -0.2) is 19.9 Å². The van der Waals surface area contributed by atoms with E-state index in [1.165, 1.54) is 16.7 Å². The topological polar surface area (TPSA) is 51.6 Å². The van der Waals surface area contributed by atoms with Crippen LogP contribution in [0, 0.1) is 0 Å². The average Bonchev–Trinajstić information content (AvgIpc) is 3.13. The van der Waals surface area contributed by atoms with Gasteiger partial charge in [-0.05, 0) is 47.7 Å². The molecule has 0 radical (unpaired) electrons. The van der Waals surface area contributed by atoms with E-state index in [0.717, 1.165) is 40.2 Å². The summed E-state index contributed by atoms with van der Waals surface area (Å²) >= 11 is 0. The average molecular weight is 597 g/mol. The number of pyridine rings is 1. The molecule has 0 saturated heterocycles. The van der Waals surface area contributed by atoms with Crippen molar-refractivity contribution >= 4 is 0 Å². The largest absolute Gasteiger partial charge is 0.256 e. The summed E-state index contributed by atoms with van der Waals surface area (Å²) in [5.74, 6) is 2.14. The van der Waals surface area contributed by atoms with E-state index >= 15 is 0 Å². The lowest BCUT2D eigenvalue weighted by molar-refractivity contribution is 0.554. The standard InChI is InChI=1S/C42H36N4/c1-41(2,35-23-19-32(20-24-35)37-14-8-11-29-43-37)36-25-21-34(22-26-36)39-44-38(45-40(46-39)42(3)27-9-5-10-28-42)33-17-15-31(16-18-33)30-12-6-4-7-13-30/h4-27,29H,28H2,1-3H3. The van der Waals surface area contributed by atoms with Gasteiger partial charge in [0, 0.05) is 33.7 Å². The highest BCUT2D eigenvalue weighted by atomic mass is 15.0. The Morgan fingerprint density at radius 2 is 1.09 bits per heavy atom. The number of aromatic nitrogens is 4. The monoisotopic (exact) mass is 596 g/mol. The Hall–Kier alpha value is -5.48. The van der Waals surface area contributed by atoms with Crippen molar-refractivity contribution < 1.29 is 0 Å². The van der Waals surface area contributed by atoms with Crippen molar-refractivity contribution in [2.75, 3.05) is 0 Å². The van der Waals surface area contributed by atoms with Crippen LogP contribution in [-0.2, 0) is 10.8 Å². The van der Waals surface area contributed by atoms with Gasteiger partial charge in [-0.25, -0.2) is 15.0 Å². The van der Waals surface area contributed by atoms with Gasteiger partial charge < -0.3 is 0 Å². The summed E-state index contributed by atoms with van der Waals surface area (Å²) in [7, 11) is 0. The molecule has 4 aromatic carbocycles. The molecule has 1 aliphatic carbocycles. The van der Waals surface area contributed by atoms with E-state index in [0.29, 0.717) is 11.6 Å². The third kappa shape index (κ3) is 5.82. The number of nitrogens with zero attached hydrogens (tertiary/aromatic N) is 4. The maximum absolute atomic E-state index is 5.06. The molecule has 4 nitrogen and oxygen atoms in total. The quantitative estimate of drug-likeness (QED) is 0.184. The summed E-state index contributed by atoms with van der Waals surface area (Å²) < 4.78 is 0. The van der Waals surface area contributed by atoms with E-state index in [-0.39, 0.29) is 10.8 Å². The molecule has 1 atom stereocenters. The second kappa shape index (κ2) is 12.1. The van der Waals surface area contributed by atoms with Gasteiger partial charge in [0.15, 0.2) is 11.6 Å². The molecular weight excluding hydrogens is 560 g/mol. The minimum Gasteiger partial charge on any atom is -0.256 e. The molecule has 1 unspecified atom stereocenters. The molecular formula is C42H36N4. The number of benzene rings is 4. The first-order valence-electron chi connectivity index (χ1n) is 15.8. The van der Waals surface area contributed by atoms with Crippen molar-refractivity contribution in [1.29, 1.82) is 0 Å². The van der Waals surface area contributed by atoms with Crippen molar-refractivity contribution in [3.05, 3.63) is 169 Å². The molecule has 6 aromatic rings. The molecule has 0 aliphatic heterocycles. The fourth-order valence-electron chi connectivity index (χ4n) is 6.02. The molecule has 0 saturated carbocycles. The van der Waals surface area contributed by atoms with Gasteiger partial charge in [0.25, 0.3) is 0 Å². The highest BCUT2D eigenvalue weighted by Gasteiger charge is 2.29. The lowest BCUT2D eigenvalue weighted by Gasteiger charge is -2.27. The smallest absolute Gasteiger partial charge is 0.163 e. The van der Waals surface area contributed by atoms with Gasteiger partial charge in [0.1, 0.15) is 5.82 Å². The van der Waals surface area contributed by atoms with Crippen molar-refractivity contribution in [2.24, 2.45) is 0 Å². The summed E-state index contributed by atoms with van der Waals surface area (Å²) in [6.45, 7) is 6.72. The predicted octanol–water partition coefficient (Wildman–Crippen LogP) is 10.0. The molecule has 2 aromatic heterocycles. The summed E-state index contributed by atoms with van der Waals surface area (Å²) in [5.41, 5.74) is 8.34. The number of hydrogen-bond acceptors (Lipinski definition) is 4. The lowest BCUT2D eigenvalue weighted by atomic mass is 9.77. The Kier molecular flexibility index (Phi) is 7.71. The highest BCUT2D eigenvalue weighted by Crippen LogP contribution is 2.35. The number of hydrogen-bond donors (Lipinski definition) is 0. The Labute approximate surface area is 271 Å². The van der Waals surface area contributed by atoms with Crippen LogP contribution in [0.1, 0.15) is 44.1 Å². The first-order valence-corrected chi connectivity index (χ1v) is 15.8. The van der Waals surface area contributed by atoms with Crippen molar-refractivity contribution in [3.63, 3.8) is 0 Å². The maximum Gasteiger partial charge on any atom is 0.163 e. The zero-order valence-electron chi connectivity index (χ0n) is 26.4. The van der Waals surface area contributed by atoms with Gasteiger partial charge in [-0.1, -0.05) is 147 Å². The Morgan fingerprint density at radius 1 is 0.543 bits per heavy atom. The predicted molar refractivity (Wildman–Crippen MR) is 188 cm³/mol. The van der Waals surface area contributed by atoms with E-state index in [4.69, 9.17) is 15.0 Å². The van der Waals surface area contributed by atoms with E-state index in [1.807, 2.05) is 30.5 Å². The summed E-state index contributed by atoms with van der Waals surface area (Å²) in [5, 5.41) is 0. The molecule has 2 heterocycles. The van der Waals surface area contributed by atoms with Crippen LogP contribution in [0.5, 0.6) is 0 Å².